The zero-order chi connectivity index (χ0) is 28.5. The quantitative estimate of drug-likeness (QED) is 0.300. The lowest BCUT2D eigenvalue weighted by Crippen LogP contribution is -2.46. The van der Waals surface area contributed by atoms with E-state index in [-0.39, 0.29) is 23.8 Å². The Labute approximate surface area is 263 Å². The molecular weight excluding hydrogens is 668 g/mol. The van der Waals surface area contributed by atoms with Crippen LogP contribution in [-0.4, -0.2) is 46.2 Å². The number of ether oxygens (including phenoxy) is 1. The summed E-state index contributed by atoms with van der Waals surface area (Å²) in [6.07, 6.45) is 6.64. The normalized spacial score (nSPS) is 24.8. The molecule has 2 heterocycles. The minimum Gasteiger partial charge on any atom is -0.390 e. The van der Waals surface area contributed by atoms with E-state index in [0.717, 1.165) is 64.0 Å². The molecule has 0 bridgehead atoms. The Kier molecular flexibility index (Phi) is 9.18. The third kappa shape index (κ3) is 6.45. The number of halogens is 3. The van der Waals surface area contributed by atoms with Gasteiger partial charge in [-0.15, -0.1) is 0 Å². The standard InChI is InChI=1S/C33H35Br2ClN2O3/c34-25-14-23-7-6-22-15-26(36)17-27(35)30(22)31(32(23)37-18-25)21-10-12-38(13-11-21)33(40)24-8-9-28(39)29(16-24)41-19-20-4-2-1-3-5-20/h1-5,14-15,17-18,21,24,28-29,31,39H,6-13,16,19H2/t24?,28?,29?,31-/m1/s1. The summed E-state index contributed by atoms with van der Waals surface area (Å²) in [5, 5.41) is 11.4. The number of hydrogen-bond donors (Lipinski definition) is 1. The molecular formula is C33H35Br2ClN2O3. The van der Waals surface area contributed by atoms with Gasteiger partial charge >= 0.3 is 0 Å². The molecule has 216 valence electrons. The lowest BCUT2D eigenvalue weighted by Gasteiger charge is -2.40. The molecule has 1 amide bonds. The van der Waals surface area contributed by atoms with Crippen molar-refractivity contribution in [1.29, 1.82) is 0 Å². The summed E-state index contributed by atoms with van der Waals surface area (Å²) in [6, 6.07) is 16.3. The number of rotatable bonds is 5. The SMILES string of the molecule is O=C(C1CCC(O)C(OCc2ccccc2)C1)N1CCC([C@H]2c3ncc(Br)cc3CCc3cc(Cl)cc(Br)c32)CC1. The predicted octanol–water partition coefficient (Wildman–Crippen LogP) is 7.48. The van der Waals surface area contributed by atoms with Gasteiger partial charge in [-0.05, 0) is 107 Å². The molecule has 3 aliphatic rings. The summed E-state index contributed by atoms with van der Waals surface area (Å²) in [5.41, 5.74) is 6.09. The minimum atomic E-state index is -0.525. The van der Waals surface area contributed by atoms with Crippen LogP contribution in [0.25, 0.3) is 0 Å². The summed E-state index contributed by atoms with van der Waals surface area (Å²) in [6.45, 7) is 1.92. The van der Waals surface area contributed by atoms with Crippen LogP contribution in [0.1, 0.15) is 66.0 Å². The van der Waals surface area contributed by atoms with Gasteiger partial charge in [-0.25, -0.2) is 0 Å². The van der Waals surface area contributed by atoms with E-state index in [1.54, 1.807) is 0 Å². The Hall–Kier alpha value is -1.77. The van der Waals surface area contributed by atoms with Gasteiger partial charge in [0.15, 0.2) is 0 Å². The second kappa shape index (κ2) is 12.8. The first-order chi connectivity index (χ1) is 19.9. The van der Waals surface area contributed by atoms with Crippen LogP contribution in [0, 0.1) is 11.8 Å². The molecule has 1 saturated heterocycles. The highest BCUT2D eigenvalue weighted by molar-refractivity contribution is 9.10. The molecule has 6 rings (SSSR count). The van der Waals surface area contributed by atoms with Gasteiger partial charge in [0.05, 0.1) is 24.5 Å². The average Bonchev–Trinajstić information content (AvgIpc) is 3.14. The zero-order valence-electron chi connectivity index (χ0n) is 22.9. The number of benzene rings is 2. The molecule has 3 unspecified atom stereocenters. The Bertz CT molecular complexity index is 1400. The van der Waals surface area contributed by atoms with E-state index in [9.17, 15) is 9.90 Å². The number of nitrogens with zero attached hydrogens (tertiary/aromatic N) is 2. The molecule has 1 N–H and O–H groups in total. The molecule has 2 aromatic carbocycles. The highest BCUT2D eigenvalue weighted by Gasteiger charge is 2.39. The summed E-state index contributed by atoms with van der Waals surface area (Å²) in [5.74, 6) is 0.627. The van der Waals surface area contributed by atoms with E-state index >= 15 is 0 Å². The fourth-order valence-corrected chi connectivity index (χ4v) is 8.53. The van der Waals surface area contributed by atoms with Crippen molar-refractivity contribution in [3.05, 3.63) is 96.6 Å². The van der Waals surface area contributed by atoms with E-state index in [4.69, 9.17) is 21.3 Å². The summed E-state index contributed by atoms with van der Waals surface area (Å²) in [7, 11) is 0. The summed E-state index contributed by atoms with van der Waals surface area (Å²) in [4.78, 5) is 20.7. The molecule has 1 aliphatic heterocycles. The maximum absolute atomic E-state index is 13.7. The molecule has 0 spiro atoms. The van der Waals surface area contributed by atoms with Crippen molar-refractivity contribution in [2.45, 2.75) is 69.7 Å². The van der Waals surface area contributed by atoms with Crippen LogP contribution in [0.5, 0.6) is 0 Å². The fraction of sp³-hybridized carbons (Fsp3) is 0.455. The van der Waals surface area contributed by atoms with Gasteiger partial charge in [0.25, 0.3) is 0 Å². The Morgan fingerprint density at radius 1 is 1.02 bits per heavy atom. The van der Waals surface area contributed by atoms with Gasteiger partial charge in [-0.2, -0.15) is 0 Å². The van der Waals surface area contributed by atoms with Crippen LogP contribution in [0.4, 0.5) is 0 Å². The average molecular weight is 703 g/mol. The number of pyridine rings is 1. The van der Waals surface area contributed by atoms with Crippen LogP contribution < -0.4 is 0 Å². The van der Waals surface area contributed by atoms with Crippen molar-refractivity contribution >= 4 is 49.4 Å². The lowest BCUT2D eigenvalue weighted by molar-refractivity contribution is -0.144. The van der Waals surface area contributed by atoms with Crippen LogP contribution >= 0.6 is 43.5 Å². The number of aryl methyl sites for hydroxylation is 2. The first-order valence-electron chi connectivity index (χ1n) is 14.6. The number of amides is 1. The van der Waals surface area contributed by atoms with Gasteiger partial charge in [-0.1, -0.05) is 57.9 Å². The first-order valence-corrected chi connectivity index (χ1v) is 16.6. The highest BCUT2D eigenvalue weighted by atomic mass is 79.9. The van der Waals surface area contributed by atoms with Crippen molar-refractivity contribution < 1.29 is 14.6 Å². The number of carbonyl (C=O) groups excluding carboxylic acids is 1. The van der Waals surface area contributed by atoms with Gasteiger partial charge in [-0.3, -0.25) is 9.78 Å². The van der Waals surface area contributed by atoms with E-state index in [0.29, 0.717) is 31.8 Å². The molecule has 2 fully saturated rings. The number of aromatic nitrogens is 1. The van der Waals surface area contributed by atoms with Gasteiger partial charge in [0.1, 0.15) is 0 Å². The molecule has 1 aromatic heterocycles. The summed E-state index contributed by atoms with van der Waals surface area (Å²) < 4.78 is 8.15. The van der Waals surface area contributed by atoms with Gasteiger partial charge in [0, 0.05) is 45.1 Å². The smallest absolute Gasteiger partial charge is 0.225 e. The maximum atomic E-state index is 13.7. The number of aliphatic hydroxyl groups is 1. The molecule has 2 aliphatic carbocycles. The van der Waals surface area contributed by atoms with E-state index in [2.05, 4.69) is 48.9 Å². The molecule has 4 atom stereocenters. The largest absolute Gasteiger partial charge is 0.390 e. The molecule has 8 heteroatoms. The molecule has 41 heavy (non-hydrogen) atoms. The van der Waals surface area contributed by atoms with Gasteiger partial charge in [0.2, 0.25) is 5.91 Å². The maximum Gasteiger partial charge on any atom is 0.225 e. The number of aliphatic hydroxyl groups excluding tert-OH is 1. The minimum absolute atomic E-state index is 0.106. The third-order valence-corrected chi connectivity index (χ3v) is 10.5. The fourth-order valence-electron chi connectivity index (χ4n) is 7.04. The Balaban J connectivity index is 1.15. The number of likely N-dealkylation sites (tertiary alicyclic amines) is 1. The topological polar surface area (TPSA) is 62.7 Å². The summed E-state index contributed by atoms with van der Waals surface area (Å²) >= 11 is 14.0. The van der Waals surface area contributed by atoms with Crippen LogP contribution in [0.15, 0.2) is 63.7 Å². The van der Waals surface area contributed by atoms with E-state index < -0.39 is 6.10 Å². The Morgan fingerprint density at radius 3 is 2.56 bits per heavy atom. The lowest BCUT2D eigenvalue weighted by atomic mass is 9.76. The second-order valence-electron chi connectivity index (χ2n) is 11.7. The van der Waals surface area contributed by atoms with Gasteiger partial charge < -0.3 is 14.7 Å². The number of fused-ring (bicyclic) bond motifs is 2. The van der Waals surface area contributed by atoms with Crippen molar-refractivity contribution in [3.63, 3.8) is 0 Å². The van der Waals surface area contributed by atoms with Crippen molar-refractivity contribution in [2.24, 2.45) is 11.8 Å². The van der Waals surface area contributed by atoms with E-state index in [1.165, 1.54) is 16.7 Å². The van der Waals surface area contributed by atoms with Crippen molar-refractivity contribution in [1.82, 2.24) is 9.88 Å². The molecule has 1 saturated carbocycles. The predicted molar refractivity (Wildman–Crippen MR) is 168 cm³/mol. The number of carbonyl (C=O) groups is 1. The highest BCUT2D eigenvalue weighted by Crippen LogP contribution is 2.46. The molecule has 0 radical (unpaired) electrons. The third-order valence-electron chi connectivity index (χ3n) is 9.15. The van der Waals surface area contributed by atoms with E-state index in [1.807, 2.05) is 42.6 Å². The van der Waals surface area contributed by atoms with Crippen LogP contribution in [-0.2, 0) is 29.0 Å². The van der Waals surface area contributed by atoms with Crippen molar-refractivity contribution in [2.75, 3.05) is 13.1 Å². The number of hydrogen-bond acceptors (Lipinski definition) is 4. The molecule has 5 nitrogen and oxygen atoms in total. The zero-order valence-corrected chi connectivity index (χ0v) is 26.9. The van der Waals surface area contributed by atoms with Crippen molar-refractivity contribution in [3.8, 4) is 0 Å². The van der Waals surface area contributed by atoms with Crippen LogP contribution in [0.2, 0.25) is 5.02 Å². The number of piperidine rings is 1. The monoisotopic (exact) mass is 700 g/mol. The Morgan fingerprint density at radius 2 is 1.78 bits per heavy atom. The van der Waals surface area contributed by atoms with Crippen LogP contribution in [0.3, 0.4) is 0 Å². The molecule has 3 aromatic rings. The second-order valence-corrected chi connectivity index (χ2v) is 13.9. The first kappa shape index (κ1) is 29.3.